The molecule has 0 heterocycles. The quantitative estimate of drug-likeness (QED) is 0.0261. The summed E-state index contributed by atoms with van der Waals surface area (Å²) in [5, 5.41) is 0. The van der Waals surface area contributed by atoms with Crippen molar-refractivity contribution in [2.75, 3.05) is 13.2 Å². The van der Waals surface area contributed by atoms with E-state index in [1.165, 1.54) is 270 Å². The molecular weight excluding hydrogens is 985 g/mol. The summed E-state index contributed by atoms with van der Waals surface area (Å²) in [7, 11) is 0. The summed E-state index contributed by atoms with van der Waals surface area (Å²) >= 11 is 0. The van der Waals surface area contributed by atoms with Crippen LogP contribution in [-0.2, 0) is 28.6 Å². The van der Waals surface area contributed by atoms with Gasteiger partial charge in [0.1, 0.15) is 13.2 Å². The van der Waals surface area contributed by atoms with Gasteiger partial charge in [0.25, 0.3) is 0 Å². The third kappa shape index (κ3) is 66.2. The van der Waals surface area contributed by atoms with Crippen molar-refractivity contribution in [3.8, 4) is 0 Å². The van der Waals surface area contributed by atoms with Crippen LogP contribution in [0.1, 0.15) is 387 Å². The van der Waals surface area contributed by atoms with Gasteiger partial charge in [0.2, 0.25) is 0 Å². The SMILES string of the molecule is CCCCCC/C=C\CCCCCCCC(=O)OCC(COC(=O)CCCCCCCCCCCCCCCCCCCC/C=C\C/C=C\C/C=C\CCCCCCC)OC(=O)CCCCCCCCCCCCCCCCCC. The molecule has 0 aromatic rings. The van der Waals surface area contributed by atoms with Gasteiger partial charge in [-0.2, -0.15) is 0 Å². The first kappa shape index (κ1) is 77.4. The van der Waals surface area contributed by atoms with Gasteiger partial charge in [-0.05, 0) is 83.5 Å². The van der Waals surface area contributed by atoms with Crippen LogP contribution in [0.2, 0.25) is 0 Å². The molecule has 0 aliphatic heterocycles. The standard InChI is InChI=1S/C74H136O6/c1-4-7-10-13-16-19-22-25-27-29-30-31-32-33-34-35-36-37-38-39-40-41-42-43-44-45-47-49-52-55-58-61-64-67-73(76)79-70-71(69-78-72(75)66-63-60-57-54-51-48-24-21-18-15-12-9-6-3)80-74(77)68-65-62-59-56-53-50-46-28-26-23-20-17-14-11-8-5-2/h21-22,24-25,29-30,32-33,71H,4-20,23,26-28,31,34-70H2,1-3H3/b24-21-,25-22-,30-29-,33-32-. The smallest absolute Gasteiger partial charge is 0.306 e. The summed E-state index contributed by atoms with van der Waals surface area (Å²) in [4.78, 5) is 38.3. The van der Waals surface area contributed by atoms with Gasteiger partial charge >= 0.3 is 17.9 Å². The van der Waals surface area contributed by atoms with E-state index in [-0.39, 0.29) is 31.1 Å². The van der Waals surface area contributed by atoms with E-state index < -0.39 is 6.10 Å². The average Bonchev–Trinajstić information content (AvgIpc) is 3.46. The lowest BCUT2D eigenvalue weighted by Crippen LogP contribution is -2.30. The topological polar surface area (TPSA) is 78.9 Å². The molecule has 0 aromatic carbocycles. The zero-order chi connectivity index (χ0) is 57.8. The van der Waals surface area contributed by atoms with Crippen LogP contribution in [0.3, 0.4) is 0 Å². The monoisotopic (exact) mass is 1120 g/mol. The Bertz CT molecular complexity index is 1380. The molecule has 0 aliphatic rings. The lowest BCUT2D eigenvalue weighted by molar-refractivity contribution is -0.167. The van der Waals surface area contributed by atoms with Crippen molar-refractivity contribution in [3.63, 3.8) is 0 Å². The van der Waals surface area contributed by atoms with E-state index in [1.807, 2.05) is 0 Å². The zero-order valence-corrected chi connectivity index (χ0v) is 53.9. The first-order chi connectivity index (χ1) is 39.5. The summed E-state index contributed by atoms with van der Waals surface area (Å²) in [6.07, 6.45) is 87.2. The molecule has 0 spiro atoms. The van der Waals surface area contributed by atoms with E-state index in [2.05, 4.69) is 69.4 Å². The number of unbranched alkanes of at least 4 members (excludes halogenated alkanes) is 47. The van der Waals surface area contributed by atoms with Crippen molar-refractivity contribution in [2.45, 2.75) is 393 Å². The average molecular weight is 1120 g/mol. The number of ether oxygens (including phenoxy) is 3. The van der Waals surface area contributed by atoms with E-state index >= 15 is 0 Å². The molecule has 0 rings (SSSR count). The van der Waals surface area contributed by atoms with Gasteiger partial charge in [-0.3, -0.25) is 14.4 Å². The first-order valence-electron chi connectivity index (χ1n) is 35.6. The Balaban J connectivity index is 4.12. The normalized spacial score (nSPS) is 12.3. The zero-order valence-electron chi connectivity index (χ0n) is 53.9. The Morgan fingerprint density at radius 2 is 0.450 bits per heavy atom. The van der Waals surface area contributed by atoms with Gasteiger partial charge in [-0.15, -0.1) is 0 Å². The van der Waals surface area contributed by atoms with Crippen LogP contribution in [0.5, 0.6) is 0 Å². The third-order valence-electron chi connectivity index (χ3n) is 16.1. The van der Waals surface area contributed by atoms with Crippen molar-refractivity contribution in [3.05, 3.63) is 48.6 Å². The number of carbonyl (C=O) groups is 3. The van der Waals surface area contributed by atoms with Crippen LogP contribution >= 0.6 is 0 Å². The second-order valence-corrected chi connectivity index (χ2v) is 24.1. The first-order valence-corrected chi connectivity index (χ1v) is 35.6. The molecule has 0 saturated heterocycles. The summed E-state index contributed by atoms with van der Waals surface area (Å²) in [6.45, 7) is 6.67. The highest BCUT2D eigenvalue weighted by Crippen LogP contribution is 2.18. The van der Waals surface area contributed by atoms with E-state index in [1.54, 1.807) is 0 Å². The van der Waals surface area contributed by atoms with Crippen LogP contribution in [0.25, 0.3) is 0 Å². The van der Waals surface area contributed by atoms with Crippen molar-refractivity contribution in [1.29, 1.82) is 0 Å². The van der Waals surface area contributed by atoms with E-state index in [0.29, 0.717) is 19.3 Å². The predicted octanol–water partition coefficient (Wildman–Crippen LogP) is 24.5. The van der Waals surface area contributed by atoms with E-state index in [9.17, 15) is 14.4 Å². The Morgan fingerprint density at radius 1 is 0.250 bits per heavy atom. The fourth-order valence-electron chi connectivity index (χ4n) is 10.7. The van der Waals surface area contributed by atoms with Crippen LogP contribution in [-0.4, -0.2) is 37.2 Å². The van der Waals surface area contributed by atoms with E-state index in [0.717, 1.165) is 77.0 Å². The van der Waals surface area contributed by atoms with Gasteiger partial charge in [0.15, 0.2) is 6.10 Å². The second-order valence-electron chi connectivity index (χ2n) is 24.1. The molecule has 80 heavy (non-hydrogen) atoms. The Hall–Kier alpha value is -2.63. The lowest BCUT2D eigenvalue weighted by atomic mass is 10.0. The molecule has 1 unspecified atom stereocenters. The molecule has 0 fully saturated rings. The maximum Gasteiger partial charge on any atom is 0.306 e. The molecule has 0 saturated carbocycles. The lowest BCUT2D eigenvalue weighted by Gasteiger charge is -2.18. The minimum absolute atomic E-state index is 0.0699. The van der Waals surface area contributed by atoms with Gasteiger partial charge < -0.3 is 14.2 Å². The van der Waals surface area contributed by atoms with Crippen LogP contribution in [0.15, 0.2) is 48.6 Å². The summed E-state index contributed by atoms with van der Waals surface area (Å²) < 4.78 is 17.0. The van der Waals surface area contributed by atoms with E-state index in [4.69, 9.17) is 14.2 Å². The minimum atomic E-state index is -0.773. The minimum Gasteiger partial charge on any atom is -0.462 e. The van der Waals surface area contributed by atoms with Crippen molar-refractivity contribution in [2.24, 2.45) is 0 Å². The Morgan fingerprint density at radius 3 is 0.725 bits per heavy atom. The maximum absolute atomic E-state index is 12.9. The Kier molecular flexibility index (Phi) is 66.6. The van der Waals surface area contributed by atoms with Crippen molar-refractivity contribution >= 4 is 17.9 Å². The van der Waals surface area contributed by atoms with Gasteiger partial charge in [-0.25, -0.2) is 0 Å². The molecule has 0 aromatic heterocycles. The highest BCUT2D eigenvalue weighted by atomic mass is 16.6. The molecule has 0 aliphatic carbocycles. The van der Waals surface area contributed by atoms with Crippen LogP contribution < -0.4 is 0 Å². The molecule has 1 atom stereocenters. The molecule has 0 radical (unpaired) electrons. The Labute approximate surface area is 498 Å². The number of carbonyl (C=O) groups excluding carboxylic acids is 3. The number of hydrogen-bond donors (Lipinski definition) is 0. The van der Waals surface area contributed by atoms with Gasteiger partial charge in [0.05, 0.1) is 0 Å². The van der Waals surface area contributed by atoms with Crippen molar-refractivity contribution in [1.82, 2.24) is 0 Å². The van der Waals surface area contributed by atoms with Crippen LogP contribution in [0, 0.1) is 0 Å². The molecule has 0 amide bonds. The highest BCUT2D eigenvalue weighted by Gasteiger charge is 2.19. The molecule has 6 nitrogen and oxygen atoms in total. The summed E-state index contributed by atoms with van der Waals surface area (Å²) in [5.41, 5.74) is 0. The largest absolute Gasteiger partial charge is 0.462 e. The fourth-order valence-corrected chi connectivity index (χ4v) is 10.7. The molecule has 0 bridgehead atoms. The highest BCUT2D eigenvalue weighted by molar-refractivity contribution is 5.71. The fraction of sp³-hybridized carbons (Fsp3) is 0.851. The number of hydrogen-bond acceptors (Lipinski definition) is 6. The van der Waals surface area contributed by atoms with Gasteiger partial charge in [0, 0.05) is 19.3 Å². The predicted molar refractivity (Wildman–Crippen MR) is 349 cm³/mol. The number of esters is 3. The van der Waals surface area contributed by atoms with Crippen LogP contribution in [0.4, 0.5) is 0 Å². The molecule has 468 valence electrons. The number of allylic oxidation sites excluding steroid dienone is 8. The maximum atomic E-state index is 12.9. The summed E-state index contributed by atoms with van der Waals surface area (Å²) in [5.74, 6) is -0.852. The molecule has 0 N–H and O–H groups in total. The second kappa shape index (κ2) is 68.9. The summed E-state index contributed by atoms with van der Waals surface area (Å²) in [6, 6.07) is 0. The molecule has 6 heteroatoms. The molecular formula is C74H136O6. The van der Waals surface area contributed by atoms with Gasteiger partial charge in [-0.1, -0.05) is 333 Å². The third-order valence-corrected chi connectivity index (χ3v) is 16.1. The van der Waals surface area contributed by atoms with Crippen molar-refractivity contribution < 1.29 is 28.6 Å². The number of rotatable bonds is 66.